The van der Waals surface area contributed by atoms with Crippen LogP contribution < -0.4 is 9.48 Å². The summed E-state index contributed by atoms with van der Waals surface area (Å²) in [7, 11) is 0. The third-order valence-corrected chi connectivity index (χ3v) is 11.0. The number of para-hydroxylation sites is 2. The fourth-order valence-electron chi connectivity index (χ4n) is 8.10. The number of benzene rings is 5. The van der Waals surface area contributed by atoms with Gasteiger partial charge in [-0.05, 0) is 58.2 Å². The molecule has 2 nitrogen and oxygen atoms in total. The largest absolute Gasteiger partial charge is 0.318 e. The molecule has 10 rings (SSSR count). The number of allylic oxidation sites excluding steroid dienone is 2. The van der Waals surface area contributed by atoms with Crippen molar-refractivity contribution < 1.29 is 0 Å². The fraction of sp³-hybridized carbons (Fsp3) is 0.103. The maximum Gasteiger partial charge on any atom is 0.235 e. The molecule has 0 radical (unpaired) electrons. The van der Waals surface area contributed by atoms with Gasteiger partial charge >= 0.3 is 0 Å². The summed E-state index contributed by atoms with van der Waals surface area (Å²) >= 11 is 1.90. The molecule has 0 amide bonds. The lowest BCUT2D eigenvalue weighted by atomic mass is 9.82. The Hall–Kier alpha value is -4.73. The Morgan fingerprint density at radius 2 is 1.55 bits per heavy atom. The van der Waals surface area contributed by atoms with Crippen molar-refractivity contribution in [2.24, 2.45) is 0 Å². The average Bonchev–Trinajstić information content (AvgIpc) is 3.64. The van der Waals surface area contributed by atoms with Crippen molar-refractivity contribution in [1.82, 2.24) is 4.58 Å². The molecule has 0 fully saturated rings. The van der Waals surface area contributed by atoms with Gasteiger partial charge in [0.15, 0.2) is 0 Å². The third-order valence-electron chi connectivity index (χ3n) is 9.91. The molecule has 0 saturated heterocycles. The topological polar surface area (TPSA) is 6.25 Å². The molecule has 0 saturated carbocycles. The molecule has 3 heteroatoms. The number of hydrogen-bond donors (Lipinski definition) is 0. The van der Waals surface area contributed by atoms with Crippen LogP contribution in [0.2, 0.25) is 0 Å². The monoisotopic (exact) mass is 555 g/mol. The summed E-state index contributed by atoms with van der Waals surface area (Å²) in [5.74, 6) is 0. The summed E-state index contributed by atoms with van der Waals surface area (Å²) in [6.45, 7) is 4.73. The van der Waals surface area contributed by atoms with E-state index in [-0.39, 0.29) is 11.5 Å². The molecule has 42 heavy (non-hydrogen) atoms. The third kappa shape index (κ3) is 2.68. The van der Waals surface area contributed by atoms with Gasteiger partial charge in [0.05, 0.1) is 5.69 Å². The first-order valence-electron chi connectivity index (χ1n) is 14.7. The average molecular weight is 556 g/mol. The van der Waals surface area contributed by atoms with Crippen molar-refractivity contribution in [2.45, 2.75) is 25.3 Å². The van der Waals surface area contributed by atoms with Crippen LogP contribution in [-0.4, -0.2) is 11.8 Å². The van der Waals surface area contributed by atoms with Gasteiger partial charge in [0.25, 0.3) is 0 Å². The van der Waals surface area contributed by atoms with E-state index in [2.05, 4.69) is 145 Å². The summed E-state index contributed by atoms with van der Waals surface area (Å²) in [6, 6.07) is 38.7. The Kier molecular flexibility index (Phi) is 4.23. The number of thiophene rings is 1. The molecule has 6 aromatic rings. The lowest BCUT2D eigenvalue weighted by molar-refractivity contribution is 0.660. The first-order chi connectivity index (χ1) is 20.6. The van der Waals surface area contributed by atoms with Gasteiger partial charge in [0.2, 0.25) is 17.1 Å². The van der Waals surface area contributed by atoms with E-state index in [4.69, 9.17) is 0 Å². The minimum absolute atomic E-state index is 0.0450. The summed E-state index contributed by atoms with van der Waals surface area (Å²) in [5.41, 5.74) is 14.6. The standard InChI is InChI=1S/C39H27N2S/c1-39(2)28-13-5-3-10-24(28)25-19-18-23(22-29(25)39)40-30-14-6-7-15-31(30)41-32-20-21-35-37(26-11-4-8-17-34(26)42-35)36(32)27-12-9-16-33(40)38(27)41/h3-22,38H,1-2H3/q+1. The molecule has 0 N–H and O–H groups in total. The smallest absolute Gasteiger partial charge is 0.235 e. The number of anilines is 2. The summed E-state index contributed by atoms with van der Waals surface area (Å²) in [6.07, 6.45) is 6.95. The SMILES string of the molecule is CC1(C)c2ccccc2-c2ccc([N+]3=C4C=CC=C5c6c(ccc7sc8ccccc8c67)N(c6ccccc63)C54)cc21. The Morgan fingerprint density at radius 1 is 0.738 bits per heavy atom. The molecule has 1 atom stereocenters. The quantitative estimate of drug-likeness (QED) is 0.183. The van der Waals surface area contributed by atoms with Crippen LogP contribution in [0.15, 0.2) is 121 Å². The van der Waals surface area contributed by atoms with E-state index >= 15 is 0 Å². The lowest BCUT2D eigenvalue weighted by Gasteiger charge is -2.32. The molecule has 1 aromatic heterocycles. The van der Waals surface area contributed by atoms with Gasteiger partial charge in [-0.25, -0.2) is 0 Å². The number of hydrogen-bond acceptors (Lipinski definition) is 2. The van der Waals surface area contributed by atoms with Gasteiger partial charge < -0.3 is 4.90 Å². The highest BCUT2D eigenvalue weighted by Crippen LogP contribution is 2.56. The second kappa shape index (κ2) is 7.76. The molecule has 1 unspecified atom stereocenters. The first-order valence-corrected chi connectivity index (χ1v) is 15.6. The van der Waals surface area contributed by atoms with Gasteiger partial charge in [-0.1, -0.05) is 80.6 Å². The van der Waals surface area contributed by atoms with E-state index < -0.39 is 0 Å². The molecule has 0 bridgehead atoms. The minimum atomic E-state index is -0.0450. The molecular formula is C39H27N2S+. The molecule has 5 aromatic carbocycles. The molecule has 4 aliphatic rings. The highest BCUT2D eigenvalue weighted by molar-refractivity contribution is 7.25. The summed E-state index contributed by atoms with van der Waals surface area (Å²) in [5, 5.41) is 2.75. The zero-order valence-electron chi connectivity index (χ0n) is 23.4. The van der Waals surface area contributed by atoms with Gasteiger partial charge in [0.1, 0.15) is 11.7 Å². The van der Waals surface area contributed by atoms with Crippen LogP contribution in [-0.2, 0) is 5.41 Å². The summed E-state index contributed by atoms with van der Waals surface area (Å²) in [4.78, 5) is 2.59. The number of fused-ring (bicyclic) bond motifs is 12. The molecule has 3 heterocycles. The van der Waals surface area contributed by atoms with E-state index in [0.29, 0.717) is 0 Å². The predicted molar refractivity (Wildman–Crippen MR) is 179 cm³/mol. The van der Waals surface area contributed by atoms with Crippen molar-refractivity contribution in [1.29, 1.82) is 0 Å². The number of rotatable bonds is 1. The fourth-order valence-corrected chi connectivity index (χ4v) is 9.22. The van der Waals surface area contributed by atoms with Crippen LogP contribution in [0.5, 0.6) is 0 Å². The van der Waals surface area contributed by atoms with Crippen molar-refractivity contribution >= 4 is 65.5 Å². The van der Waals surface area contributed by atoms with E-state index in [1.165, 1.54) is 82.0 Å². The first kappa shape index (κ1) is 22.9. The second-order valence-electron chi connectivity index (χ2n) is 12.3. The van der Waals surface area contributed by atoms with Gasteiger partial charge in [-0.15, -0.1) is 11.3 Å². The van der Waals surface area contributed by atoms with Gasteiger partial charge in [-0.2, -0.15) is 4.58 Å². The molecule has 198 valence electrons. The molecular weight excluding hydrogens is 529 g/mol. The summed E-state index contributed by atoms with van der Waals surface area (Å²) < 4.78 is 5.23. The minimum Gasteiger partial charge on any atom is -0.318 e. The van der Waals surface area contributed by atoms with Crippen LogP contribution >= 0.6 is 11.3 Å². The zero-order chi connectivity index (χ0) is 27.7. The Labute approximate surface area is 248 Å². The molecule has 0 spiro atoms. The zero-order valence-corrected chi connectivity index (χ0v) is 24.2. The highest BCUT2D eigenvalue weighted by atomic mass is 32.1. The van der Waals surface area contributed by atoms with E-state index in [1.54, 1.807) is 0 Å². The van der Waals surface area contributed by atoms with Crippen molar-refractivity contribution in [2.75, 3.05) is 4.90 Å². The van der Waals surface area contributed by atoms with Crippen LogP contribution in [0.25, 0.3) is 36.9 Å². The number of nitrogens with zero attached hydrogens (tertiary/aromatic N) is 2. The van der Waals surface area contributed by atoms with E-state index in [1.807, 2.05) is 11.3 Å². The van der Waals surface area contributed by atoms with Crippen molar-refractivity contribution in [3.63, 3.8) is 0 Å². The van der Waals surface area contributed by atoms with E-state index in [0.717, 1.165) is 0 Å². The molecule has 2 aliphatic carbocycles. The van der Waals surface area contributed by atoms with Crippen LogP contribution in [0, 0.1) is 0 Å². The predicted octanol–water partition coefficient (Wildman–Crippen LogP) is 10.1. The lowest BCUT2D eigenvalue weighted by Crippen LogP contribution is -2.43. The van der Waals surface area contributed by atoms with Crippen LogP contribution in [0.1, 0.15) is 30.5 Å². The normalized spacial score (nSPS) is 18.6. The van der Waals surface area contributed by atoms with Gasteiger partial charge in [0, 0.05) is 55.4 Å². The van der Waals surface area contributed by atoms with Crippen molar-refractivity contribution in [3.8, 4) is 11.1 Å². The Morgan fingerprint density at radius 3 is 2.50 bits per heavy atom. The van der Waals surface area contributed by atoms with Gasteiger partial charge in [-0.3, -0.25) is 0 Å². The van der Waals surface area contributed by atoms with Crippen LogP contribution in [0.3, 0.4) is 0 Å². The molecule has 2 aliphatic heterocycles. The maximum absolute atomic E-state index is 2.59. The van der Waals surface area contributed by atoms with Crippen LogP contribution in [0.4, 0.5) is 22.7 Å². The second-order valence-corrected chi connectivity index (χ2v) is 13.4. The Balaban J connectivity index is 1.25. The van der Waals surface area contributed by atoms with E-state index in [9.17, 15) is 0 Å². The van der Waals surface area contributed by atoms with Crippen molar-refractivity contribution in [3.05, 3.63) is 138 Å². The highest BCUT2D eigenvalue weighted by Gasteiger charge is 2.49. The maximum atomic E-state index is 2.59. The Bertz CT molecular complexity index is 2290.